The summed E-state index contributed by atoms with van der Waals surface area (Å²) in [5.74, 6) is 1.70. The Morgan fingerprint density at radius 3 is 2.81 bits per heavy atom. The van der Waals surface area contributed by atoms with E-state index in [0.29, 0.717) is 23.4 Å². The lowest BCUT2D eigenvalue weighted by molar-refractivity contribution is 0.540. The molecule has 0 spiro atoms. The molecule has 1 aliphatic carbocycles. The smallest absolute Gasteiger partial charge is 0.206 e. The van der Waals surface area contributed by atoms with Crippen LogP contribution in [0.25, 0.3) is 11.0 Å². The van der Waals surface area contributed by atoms with Crippen molar-refractivity contribution in [2.45, 2.75) is 13.0 Å². The molecule has 138 valence electrons. The van der Waals surface area contributed by atoms with Crippen LogP contribution in [0.5, 0.6) is 0 Å². The van der Waals surface area contributed by atoms with E-state index in [1.807, 2.05) is 24.3 Å². The highest BCUT2D eigenvalue weighted by atomic mass is 35.5. The molecule has 3 heterocycles. The van der Waals surface area contributed by atoms with E-state index in [2.05, 4.69) is 32.7 Å². The first-order valence-corrected chi connectivity index (χ1v) is 8.98. The number of nitriles is 1. The van der Waals surface area contributed by atoms with Crippen molar-refractivity contribution in [3.05, 3.63) is 53.9 Å². The van der Waals surface area contributed by atoms with Crippen LogP contribution >= 0.6 is 12.4 Å². The molecule has 1 aliphatic heterocycles. The van der Waals surface area contributed by atoms with Gasteiger partial charge in [-0.05, 0) is 43.1 Å². The predicted molar refractivity (Wildman–Crippen MR) is 107 cm³/mol. The molecule has 2 fully saturated rings. The molecule has 1 saturated carbocycles. The van der Waals surface area contributed by atoms with Crippen molar-refractivity contribution in [3.8, 4) is 6.07 Å². The fourth-order valence-corrected chi connectivity index (χ4v) is 4.27. The molecule has 6 nitrogen and oxygen atoms in total. The number of para-hydroxylation sites is 2. The van der Waals surface area contributed by atoms with Gasteiger partial charge < -0.3 is 15.2 Å². The third kappa shape index (κ3) is 2.84. The zero-order valence-corrected chi connectivity index (χ0v) is 15.7. The third-order valence-corrected chi connectivity index (χ3v) is 5.90. The number of piperidine rings is 1. The van der Waals surface area contributed by atoms with E-state index in [-0.39, 0.29) is 12.4 Å². The Balaban J connectivity index is 0.00000180. The Morgan fingerprint density at radius 1 is 1.26 bits per heavy atom. The van der Waals surface area contributed by atoms with Gasteiger partial charge in [-0.15, -0.1) is 12.4 Å². The molecule has 5 rings (SSSR count). The zero-order chi connectivity index (χ0) is 17.7. The lowest BCUT2D eigenvalue weighted by Crippen LogP contribution is -2.30. The van der Waals surface area contributed by atoms with Gasteiger partial charge >= 0.3 is 0 Å². The van der Waals surface area contributed by atoms with Crippen molar-refractivity contribution in [1.82, 2.24) is 14.5 Å². The largest absolute Gasteiger partial charge is 0.341 e. The summed E-state index contributed by atoms with van der Waals surface area (Å²) in [6, 6.07) is 14.1. The summed E-state index contributed by atoms with van der Waals surface area (Å²) in [5, 5.41) is 8.97. The first-order valence-electron chi connectivity index (χ1n) is 8.98. The minimum absolute atomic E-state index is 0. The van der Waals surface area contributed by atoms with E-state index < -0.39 is 0 Å². The summed E-state index contributed by atoms with van der Waals surface area (Å²) in [6.07, 6.45) is 2.87. The van der Waals surface area contributed by atoms with Gasteiger partial charge in [0.2, 0.25) is 5.95 Å². The minimum Gasteiger partial charge on any atom is -0.341 e. The molecule has 2 aliphatic rings. The van der Waals surface area contributed by atoms with E-state index >= 15 is 0 Å². The van der Waals surface area contributed by atoms with Crippen LogP contribution in [0.4, 0.5) is 5.95 Å². The number of aromatic nitrogens is 3. The summed E-state index contributed by atoms with van der Waals surface area (Å²) >= 11 is 0. The molecule has 0 unspecified atom stereocenters. The molecule has 0 amide bonds. The third-order valence-electron chi connectivity index (χ3n) is 5.90. The Hall–Kier alpha value is -2.62. The lowest BCUT2D eigenvalue weighted by atomic mass is 10.1. The monoisotopic (exact) mass is 380 g/mol. The van der Waals surface area contributed by atoms with E-state index in [4.69, 9.17) is 16.0 Å². The average molecular weight is 381 g/mol. The van der Waals surface area contributed by atoms with Gasteiger partial charge in [0.05, 0.1) is 28.8 Å². The van der Waals surface area contributed by atoms with Crippen LogP contribution < -0.4 is 10.6 Å². The number of nitrogens with two attached hydrogens (primary N) is 1. The summed E-state index contributed by atoms with van der Waals surface area (Å²) in [7, 11) is 0. The summed E-state index contributed by atoms with van der Waals surface area (Å²) in [6.45, 7) is 3.41. The van der Waals surface area contributed by atoms with Gasteiger partial charge in [0, 0.05) is 24.7 Å². The molecule has 0 radical (unpaired) electrons. The molecule has 2 aromatic heterocycles. The maximum absolute atomic E-state index is 8.97. The summed E-state index contributed by atoms with van der Waals surface area (Å²) in [4.78, 5) is 11.7. The minimum atomic E-state index is 0. The van der Waals surface area contributed by atoms with Crippen LogP contribution in [0.3, 0.4) is 0 Å². The first-order chi connectivity index (χ1) is 12.7. The number of imidazole rings is 1. The second-order valence-electron chi connectivity index (χ2n) is 7.48. The van der Waals surface area contributed by atoms with E-state index in [0.717, 1.165) is 42.3 Å². The Morgan fingerprint density at radius 2 is 2.11 bits per heavy atom. The fourth-order valence-electron chi connectivity index (χ4n) is 4.27. The maximum atomic E-state index is 8.97. The number of halogens is 1. The van der Waals surface area contributed by atoms with Crippen molar-refractivity contribution in [3.63, 3.8) is 0 Å². The van der Waals surface area contributed by atoms with E-state index in [1.54, 1.807) is 6.20 Å². The second-order valence-corrected chi connectivity index (χ2v) is 7.48. The number of hydrogen-bond donors (Lipinski definition) is 1. The van der Waals surface area contributed by atoms with Gasteiger partial charge in [-0.25, -0.2) is 4.98 Å². The molecular formula is C20H21ClN6. The number of rotatable bonds is 4. The van der Waals surface area contributed by atoms with Crippen molar-refractivity contribution >= 4 is 29.4 Å². The number of fused-ring (bicyclic) bond motifs is 2. The molecular weight excluding hydrogens is 360 g/mol. The van der Waals surface area contributed by atoms with Crippen LogP contribution in [0, 0.1) is 22.7 Å². The SMILES string of the molecule is Cl.N#Cc1ccc(Cn2c(N3C[C@H]4C[C@@]4(CN)C3)nc3ccccc32)nc1. The van der Waals surface area contributed by atoms with Gasteiger partial charge in [0.1, 0.15) is 6.07 Å². The molecule has 1 aromatic carbocycles. The first kappa shape index (κ1) is 17.8. The molecule has 2 N–H and O–H groups in total. The van der Waals surface area contributed by atoms with Crippen molar-refractivity contribution in [1.29, 1.82) is 5.26 Å². The topological polar surface area (TPSA) is 83.8 Å². The van der Waals surface area contributed by atoms with Crippen molar-refractivity contribution in [2.24, 2.45) is 17.1 Å². The van der Waals surface area contributed by atoms with Gasteiger partial charge in [-0.2, -0.15) is 5.26 Å². The van der Waals surface area contributed by atoms with Crippen LogP contribution in [0.15, 0.2) is 42.6 Å². The number of benzene rings is 1. The van der Waals surface area contributed by atoms with E-state index in [1.165, 1.54) is 6.42 Å². The molecule has 2 atom stereocenters. The molecule has 0 bridgehead atoms. The predicted octanol–water partition coefficient (Wildman–Crippen LogP) is 2.56. The van der Waals surface area contributed by atoms with Gasteiger partial charge in [-0.3, -0.25) is 4.98 Å². The average Bonchev–Trinajstić information content (AvgIpc) is 3.07. The van der Waals surface area contributed by atoms with Gasteiger partial charge in [-0.1, -0.05) is 12.1 Å². The van der Waals surface area contributed by atoms with Crippen LogP contribution in [-0.2, 0) is 6.54 Å². The van der Waals surface area contributed by atoms with Gasteiger partial charge in [0.15, 0.2) is 0 Å². The quantitative estimate of drug-likeness (QED) is 0.752. The molecule has 3 aromatic rings. The van der Waals surface area contributed by atoms with Crippen molar-refractivity contribution in [2.75, 3.05) is 24.5 Å². The van der Waals surface area contributed by atoms with Crippen molar-refractivity contribution < 1.29 is 0 Å². The number of nitrogens with zero attached hydrogens (tertiary/aromatic N) is 5. The lowest BCUT2D eigenvalue weighted by Gasteiger charge is -2.22. The molecule has 7 heteroatoms. The van der Waals surface area contributed by atoms with Crippen LogP contribution in [-0.4, -0.2) is 34.2 Å². The Kier molecular flexibility index (Phi) is 4.29. The summed E-state index contributed by atoms with van der Waals surface area (Å²) < 4.78 is 2.23. The Bertz CT molecular complexity index is 1020. The number of hydrogen-bond acceptors (Lipinski definition) is 5. The van der Waals surface area contributed by atoms with Crippen LogP contribution in [0.1, 0.15) is 17.7 Å². The highest BCUT2D eigenvalue weighted by molar-refractivity contribution is 5.85. The number of anilines is 1. The van der Waals surface area contributed by atoms with Crippen LogP contribution in [0.2, 0.25) is 0 Å². The standard InChI is InChI=1S/C20H20N6.ClH/c21-8-14-5-6-16(23-9-14)11-26-18-4-2-1-3-17(18)24-19(26)25-10-15-7-20(15,12-22)13-25;/h1-6,9,15H,7,10-13,22H2;1H/t15-,20-;/m1./s1. The summed E-state index contributed by atoms with van der Waals surface area (Å²) in [5.41, 5.74) is 9.93. The van der Waals surface area contributed by atoms with E-state index in [9.17, 15) is 0 Å². The fraction of sp³-hybridized carbons (Fsp3) is 0.350. The molecule has 1 saturated heterocycles. The second kappa shape index (κ2) is 6.52. The Labute approximate surface area is 164 Å². The zero-order valence-electron chi connectivity index (χ0n) is 14.9. The van der Waals surface area contributed by atoms with Gasteiger partial charge in [0.25, 0.3) is 0 Å². The maximum Gasteiger partial charge on any atom is 0.206 e. The molecule has 27 heavy (non-hydrogen) atoms. The highest BCUT2D eigenvalue weighted by Crippen LogP contribution is 2.57. The number of pyridine rings is 1. The highest BCUT2D eigenvalue weighted by Gasteiger charge is 2.59. The normalized spacial score (nSPS) is 23.0.